The summed E-state index contributed by atoms with van der Waals surface area (Å²) in [6.07, 6.45) is 7.45. The molecular formula is C16H21N7O. The topological polar surface area (TPSA) is 95.9 Å². The second kappa shape index (κ2) is 7.67. The molecule has 0 unspecified atom stereocenters. The van der Waals surface area contributed by atoms with Gasteiger partial charge in [0.2, 0.25) is 11.9 Å². The van der Waals surface area contributed by atoms with Crippen molar-refractivity contribution in [3.8, 4) is 0 Å². The molecule has 2 aromatic rings. The Balaban J connectivity index is 1.53. The Hall–Kier alpha value is -2.77. The van der Waals surface area contributed by atoms with Gasteiger partial charge in [-0.3, -0.25) is 4.79 Å². The van der Waals surface area contributed by atoms with Gasteiger partial charge in [0.1, 0.15) is 18.0 Å². The third-order valence-corrected chi connectivity index (χ3v) is 3.86. The first-order valence-electron chi connectivity index (χ1n) is 8.11. The van der Waals surface area contributed by atoms with Crippen LogP contribution in [0.4, 0.5) is 17.6 Å². The number of carbonyl (C=O) groups is 1. The van der Waals surface area contributed by atoms with E-state index in [9.17, 15) is 4.79 Å². The monoisotopic (exact) mass is 327 g/mol. The van der Waals surface area contributed by atoms with E-state index in [0.29, 0.717) is 18.2 Å². The van der Waals surface area contributed by atoms with Gasteiger partial charge < -0.3 is 15.5 Å². The lowest BCUT2D eigenvalue weighted by Crippen LogP contribution is -2.27. The van der Waals surface area contributed by atoms with Crippen LogP contribution in [0.2, 0.25) is 0 Å². The molecule has 8 heteroatoms. The molecule has 126 valence electrons. The Morgan fingerprint density at radius 1 is 1.33 bits per heavy atom. The first-order valence-corrected chi connectivity index (χ1v) is 8.11. The van der Waals surface area contributed by atoms with Crippen LogP contribution in [0.25, 0.3) is 0 Å². The second-order valence-corrected chi connectivity index (χ2v) is 5.71. The van der Waals surface area contributed by atoms with Crippen molar-refractivity contribution in [3.05, 3.63) is 30.4 Å². The maximum atomic E-state index is 11.6. The maximum absolute atomic E-state index is 11.6. The number of nitrogens with one attached hydrogen (secondary N) is 2. The average Bonchev–Trinajstić information content (AvgIpc) is 3.00. The molecule has 24 heavy (non-hydrogen) atoms. The fourth-order valence-electron chi connectivity index (χ4n) is 2.58. The van der Waals surface area contributed by atoms with Crippen molar-refractivity contribution in [3.63, 3.8) is 0 Å². The summed E-state index contributed by atoms with van der Waals surface area (Å²) in [6.45, 7) is 4.40. The van der Waals surface area contributed by atoms with Crippen molar-refractivity contribution < 1.29 is 4.79 Å². The molecule has 8 nitrogen and oxygen atoms in total. The Bertz CT molecular complexity index is 692. The minimum Gasteiger partial charge on any atom is -0.370 e. The molecule has 2 N–H and O–H groups in total. The number of hydrogen-bond acceptors (Lipinski definition) is 7. The van der Waals surface area contributed by atoms with E-state index in [1.54, 1.807) is 18.5 Å². The van der Waals surface area contributed by atoms with Crippen LogP contribution in [0.5, 0.6) is 0 Å². The van der Waals surface area contributed by atoms with Gasteiger partial charge in [-0.25, -0.2) is 15.0 Å². The zero-order chi connectivity index (χ0) is 16.8. The van der Waals surface area contributed by atoms with Crippen LogP contribution in [0.3, 0.4) is 0 Å². The van der Waals surface area contributed by atoms with E-state index < -0.39 is 0 Å². The quantitative estimate of drug-likeness (QED) is 0.748. The Kier molecular flexibility index (Phi) is 5.15. The van der Waals surface area contributed by atoms with Gasteiger partial charge >= 0.3 is 0 Å². The lowest BCUT2D eigenvalue weighted by Gasteiger charge is -2.16. The van der Waals surface area contributed by atoms with Crippen LogP contribution in [0.1, 0.15) is 24.8 Å². The number of nitrogens with zero attached hydrogens (tertiary/aromatic N) is 5. The van der Waals surface area contributed by atoms with Crippen LogP contribution in [-0.2, 0) is 4.79 Å². The van der Waals surface area contributed by atoms with Crippen LogP contribution in [-0.4, -0.2) is 50.4 Å². The van der Waals surface area contributed by atoms with E-state index >= 15 is 0 Å². The lowest BCUT2D eigenvalue weighted by atomic mass is 10.3. The fraction of sp³-hybridized carbons (Fsp3) is 0.438. The number of carbonyl (C=O) groups excluding carboxylic acids is 1. The summed E-state index contributed by atoms with van der Waals surface area (Å²) in [6, 6.07) is 1.75. The van der Waals surface area contributed by atoms with Crippen molar-refractivity contribution in [2.24, 2.45) is 0 Å². The van der Waals surface area contributed by atoms with Crippen molar-refractivity contribution in [2.45, 2.75) is 26.2 Å². The summed E-state index contributed by atoms with van der Waals surface area (Å²) in [5, 5.41) is 6.36. The van der Waals surface area contributed by atoms with E-state index in [-0.39, 0.29) is 5.91 Å². The highest BCUT2D eigenvalue weighted by molar-refractivity contribution is 5.78. The van der Waals surface area contributed by atoms with Crippen molar-refractivity contribution in [1.29, 1.82) is 0 Å². The molecule has 3 rings (SSSR count). The number of hydrogen-bond donors (Lipinski definition) is 2. The predicted octanol–water partition coefficient (Wildman–Crippen LogP) is 1.74. The van der Waals surface area contributed by atoms with Gasteiger partial charge in [-0.2, -0.15) is 4.98 Å². The summed E-state index contributed by atoms with van der Waals surface area (Å²) in [4.78, 5) is 30.2. The molecule has 1 saturated heterocycles. The van der Waals surface area contributed by atoms with Crippen molar-refractivity contribution in [1.82, 2.24) is 24.8 Å². The first kappa shape index (κ1) is 16.1. The van der Waals surface area contributed by atoms with Gasteiger partial charge in [0, 0.05) is 44.0 Å². The van der Waals surface area contributed by atoms with Gasteiger partial charge in [0.05, 0.1) is 0 Å². The molecule has 0 atom stereocenters. The number of likely N-dealkylation sites (tertiary alicyclic amines) is 1. The minimum absolute atomic E-state index is 0.268. The zero-order valence-corrected chi connectivity index (χ0v) is 13.7. The summed E-state index contributed by atoms with van der Waals surface area (Å²) >= 11 is 0. The highest BCUT2D eigenvalue weighted by atomic mass is 16.2. The highest BCUT2D eigenvalue weighted by Crippen LogP contribution is 2.15. The standard InChI is InChI=1S/C16H21N7O/c1-12-10-19-16(21-13-5-7-17-11-20-13)22-15(12)18-6-3-9-23-8-2-4-14(23)24/h5,7,10-11H,2-4,6,8-9H2,1H3,(H2,17,18,19,20,21,22). The molecule has 0 radical (unpaired) electrons. The van der Waals surface area contributed by atoms with Crippen LogP contribution < -0.4 is 10.6 Å². The Morgan fingerprint density at radius 3 is 3.00 bits per heavy atom. The molecular weight excluding hydrogens is 306 g/mol. The summed E-state index contributed by atoms with van der Waals surface area (Å²) < 4.78 is 0. The molecule has 0 spiro atoms. The lowest BCUT2D eigenvalue weighted by molar-refractivity contribution is -0.127. The van der Waals surface area contributed by atoms with E-state index in [1.165, 1.54) is 6.33 Å². The fourth-order valence-corrected chi connectivity index (χ4v) is 2.58. The molecule has 0 bridgehead atoms. The van der Waals surface area contributed by atoms with E-state index in [2.05, 4.69) is 30.6 Å². The Morgan fingerprint density at radius 2 is 2.25 bits per heavy atom. The molecule has 1 amide bonds. The molecule has 0 saturated carbocycles. The largest absolute Gasteiger partial charge is 0.370 e. The maximum Gasteiger partial charge on any atom is 0.230 e. The average molecular weight is 327 g/mol. The molecule has 3 heterocycles. The van der Waals surface area contributed by atoms with Gasteiger partial charge in [0.15, 0.2) is 0 Å². The van der Waals surface area contributed by atoms with Gasteiger partial charge in [-0.1, -0.05) is 0 Å². The van der Waals surface area contributed by atoms with Crippen molar-refractivity contribution in [2.75, 3.05) is 30.3 Å². The second-order valence-electron chi connectivity index (χ2n) is 5.71. The smallest absolute Gasteiger partial charge is 0.230 e. The molecule has 1 aliphatic rings. The number of rotatable bonds is 7. The molecule has 0 aromatic carbocycles. The predicted molar refractivity (Wildman–Crippen MR) is 91.0 cm³/mol. The molecule has 2 aromatic heterocycles. The first-order chi connectivity index (χ1) is 11.7. The Labute approximate surface area is 140 Å². The SMILES string of the molecule is Cc1cnc(Nc2ccncn2)nc1NCCCN1CCCC1=O. The molecule has 0 aliphatic carbocycles. The number of anilines is 3. The van der Waals surface area contributed by atoms with Gasteiger partial charge in [-0.15, -0.1) is 0 Å². The van der Waals surface area contributed by atoms with E-state index in [1.807, 2.05) is 11.8 Å². The summed E-state index contributed by atoms with van der Waals surface area (Å²) in [5.41, 5.74) is 0.973. The van der Waals surface area contributed by atoms with Crippen LogP contribution >= 0.6 is 0 Å². The summed E-state index contributed by atoms with van der Waals surface area (Å²) in [7, 11) is 0. The van der Waals surface area contributed by atoms with E-state index in [4.69, 9.17) is 0 Å². The zero-order valence-electron chi connectivity index (χ0n) is 13.7. The van der Waals surface area contributed by atoms with Crippen LogP contribution in [0.15, 0.2) is 24.8 Å². The van der Waals surface area contributed by atoms with E-state index in [0.717, 1.165) is 43.9 Å². The molecule has 1 aliphatic heterocycles. The van der Waals surface area contributed by atoms with Gasteiger partial charge in [-0.05, 0) is 25.8 Å². The number of aromatic nitrogens is 4. The van der Waals surface area contributed by atoms with Crippen LogP contribution in [0, 0.1) is 6.92 Å². The summed E-state index contributed by atoms with van der Waals surface area (Å²) in [5.74, 6) is 2.18. The third-order valence-electron chi connectivity index (χ3n) is 3.86. The van der Waals surface area contributed by atoms with Gasteiger partial charge in [0.25, 0.3) is 0 Å². The highest BCUT2D eigenvalue weighted by Gasteiger charge is 2.18. The van der Waals surface area contributed by atoms with Crippen molar-refractivity contribution >= 4 is 23.5 Å². The normalized spacial score (nSPS) is 14.0. The minimum atomic E-state index is 0.268. The number of aryl methyl sites for hydroxylation is 1. The molecule has 1 fully saturated rings. The third kappa shape index (κ3) is 4.15. The number of amides is 1.